The van der Waals surface area contributed by atoms with E-state index in [1.807, 2.05) is 4.90 Å². The Morgan fingerprint density at radius 1 is 1.21 bits per heavy atom. The Balaban J connectivity index is 1.44. The van der Waals surface area contributed by atoms with Gasteiger partial charge in [0, 0.05) is 13.1 Å². The third kappa shape index (κ3) is 2.81. The molecule has 0 bridgehead atoms. The molecule has 3 aliphatic rings. The minimum atomic E-state index is -3.38. The Morgan fingerprint density at radius 3 is 2.75 bits per heavy atom. The molecule has 1 amide bonds. The predicted molar refractivity (Wildman–Crippen MR) is 89.6 cm³/mol. The molecule has 1 saturated heterocycles. The minimum absolute atomic E-state index is 0.0263. The monoisotopic (exact) mass is 349 g/mol. The summed E-state index contributed by atoms with van der Waals surface area (Å²) in [5, 5.41) is 0. The van der Waals surface area contributed by atoms with Crippen molar-refractivity contribution in [2.24, 2.45) is 5.41 Å². The number of ether oxygens (including phenoxy) is 1. The molecule has 5 nitrogen and oxygen atoms in total. The first-order chi connectivity index (χ1) is 11.5. The van der Waals surface area contributed by atoms with Crippen LogP contribution < -0.4 is 4.74 Å². The summed E-state index contributed by atoms with van der Waals surface area (Å²) in [6, 6.07) is 6.67. The Bertz CT molecular complexity index is 752. The zero-order valence-corrected chi connectivity index (χ0v) is 14.6. The zero-order valence-electron chi connectivity index (χ0n) is 13.7. The molecule has 4 rings (SSSR count). The second-order valence-corrected chi connectivity index (χ2v) is 9.45. The lowest BCUT2D eigenvalue weighted by molar-refractivity contribution is -0.132. The highest BCUT2D eigenvalue weighted by Crippen LogP contribution is 2.45. The number of likely N-dealkylation sites (tertiary alicyclic amines) is 1. The van der Waals surface area contributed by atoms with Crippen LogP contribution in [0.4, 0.5) is 0 Å². The molecule has 1 aromatic carbocycles. The van der Waals surface area contributed by atoms with Crippen LogP contribution in [0.1, 0.15) is 38.5 Å². The minimum Gasteiger partial charge on any atom is -0.487 e. The van der Waals surface area contributed by atoms with Gasteiger partial charge in [0.1, 0.15) is 16.7 Å². The van der Waals surface area contributed by atoms with Crippen LogP contribution in [0.2, 0.25) is 0 Å². The average molecular weight is 349 g/mol. The lowest BCUT2D eigenvalue weighted by atomic mass is 9.86. The summed E-state index contributed by atoms with van der Waals surface area (Å²) < 4.78 is 30.6. The van der Waals surface area contributed by atoms with Gasteiger partial charge < -0.3 is 9.64 Å². The third-order valence-electron chi connectivity index (χ3n) is 5.74. The Kier molecular flexibility index (Phi) is 3.82. The fourth-order valence-electron chi connectivity index (χ4n) is 4.46. The molecule has 2 aliphatic heterocycles. The lowest BCUT2D eigenvalue weighted by Crippen LogP contribution is -2.39. The molecule has 24 heavy (non-hydrogen) atoms. The fraction of sp³-hybridized carbons (Fsp3) is 0.611. The summed E-state index contributed by atoms with van der Waals surface area (Å²) in [6.07, 6.45) is 5.62. The summed E-state index contributed by atoms with van der Waals surface area (Å²) in [5.41, 5.74) is 0.335. The molecule has 2 heterocycles. The molecule has 1 saturated carbocycles. The van der Waals surface area contributed by atoms with Gasteiger partial charge in [-0.15, -0.1) is 0 Å². The molecule has 1 aliphatic carbocycles. The fourth-order valence-corrected chi connectivity index (χ4v) is 6.02. The number of amides is 1. The Morgan fingerprint density at radius 2 is 1.96 bits per heavy atom. The van der Waals surface area contributed by atoms with Crippen molar-refractivity contribution >= 4 is 15.7 Å². The van der Waals surface area contributed by atoms with E-state index in [4.69, 9.17) is 4.74 Å². The first-order valence-corrected chi connectivity index (χ1v) is 10.4. The normalized spacial score (nSPS) is 27.0. The molecule has 0 aromatic heterocycles. The predicted octanol–water partition coefficient (Wildman–Crippen LogP) is 2.40. The van der Waals surface area contributed by atoms with E-state index in [0.29, 0.717) is 11.2 Å². The van der Waals surface area contributed by atoms with Gasteiger partial charge >= 0.3 is 0 Å². The van der Waals surface area contributed by atoms with Crippen LogP contribution in [-0.4, -0.2) is 44.2 Å². The molecule has 2 fully saturated rings. The summed E-state index contributed by atoms with van der Waals surface area (Å²) in [7, 11) is -3.38. The lowest BCUT2D eigenvalue weighted by Gasteiger charge is -2.28. The first kappa shape index (κ1) is 15.9. The topological polar surface area (TPSA) is 63.7 Å². The smallest absolute Gasteiger partial charge is 0.226 e. The molecule has 0 N–H and O–H groups in total. The van der Waals surface area contributed by atoms with Gasteiger partial charge in [-0.3, -0.25) is 4.79 Å². The van der Waals surface area contributed by atoms with Crippen molar-refractivity contribution in [3.63, 3.8) is 0 Å². The van der Waals surface area contributed by atoms with E-state index in [2.05, 4.69) is 0 Å². The van der Waals surface area contributed by atoms with E-state index in [1.54, 1.807) is 24.3 Å². The third-order valence-corrected chi connectivity index (χ3v) is 7.56. The van der Waals surface area contributed by atoms with Crippen molar-refractivity contribution in [1.29, 1.82) is 0 Å². The van der Waals surface area contributed by atoms with Gasteiger partial charge in [0.25, 0.3) is 0 Å². The van der Waals surface area contributed by atoms with Crippen molar-refractivity contribution in [2.75, 3.05) is 18.8 Å². The van der Waals surface area contributed by atoms with Crippen molar-refractivity contribution in [3.05, 3.63) is 24.3 Å². The largest absolute Gasteiger partial charge is 0.487 e. The quantitative estimate of drug-likeness (QED) is 0.822. The van der Waals surface area contributed by atoms with E-state index in [0.717, 1.165) is 19.5 Å². The van der Waals surface area contributed by atoms with E-state index >= 15 is 0 Å². The number of hydrogen-bond donors (Lipinski definition) is 0. The van der Waals surface area contributed by atoms with Crippen molar-refractivity contribution in [3.8, 4) is 5.75 Å². The van der Waals surface area contributed by atoms with Gasteiger partial charge in [0.05, 0.1) is 12.2 Å². The van der Waals surface area contributed by atoms with E-state index in [9.17, 15) is 13.2 Å². The van der Waals surface area contributed by atoms with Gasteiger partial charge in [0.2, 0.25) is 5.91 Å². The summed E-state index contributed by atoms with van der Waals surface area (Å²) in [4.78, 5) is 14.8. The van der Waals surface area contributed by atoms with Crippen LogP contribution in [0.25, 0.3) is 0 Å². The average Bonchev–Trinajstić information content (AvgIpc) is 3.17. The van der Waals surface area contributed by atoms with E-state index < -0.39 is 15.9 Å². The van der Waals surface area contributed by atoms with Gasteiger partial charge in [0.15, 0.2) is 9.84 Å². The SMILES string of the molecule is O=C(C[C@@H]1CS(=O)(=O)c2ccccc2O1)N1CCC2(CCCC2)C1. The molecular weight excluding hydrogens is 326 g/mol. The molecule has 1 aromatic rings. The van der Waals surface area contributed by atoms with Crippen LogP contribution in [0.5, 0.6) is 5.75 Å². The van der Waals surface area contributed by atoms with Gasteiger partial charge in [-0.1, -0.05) is 25.0 Å². The summed E-state index contributed by atoms with van der Waals surface area (Å²) >= 11 is 0. The number of hydrogen-bond acceptors (Lipinski definition) is 4. The number of nitrogens with zero attached hydrogens (tertiary/aromatic N) is 1. The number of carbonyl (C=O) groups is 1. The number of fused-ring (bicyclic) bond motifs is 1. The Labute approximate surface area is 142 Å². The van der Waals surface area contributed by atoms with E-state index in [-0.39, 0.29) is 23.0 Å². The maximum absolute atomic E-state index is 12.6. The zero-order chi connectivity index (χ0) is 16.8. The van der Waals surface area contributed by atoms with Crippen LogP contribution in [0.15, 0.2) is 29.2 Å². The highest BCUT2D eigenvalue weighted by Gasteiger charge is 2.42. The molecular formula is C18H23NO4S. The molecule has 1 spiro atoms. The molecule has 130 valence electrons. The van der Waals surface area contributed by atoms with Crippen LogP contribution in [0, 0.1) is 5.41 Å². The van der Waals surface area contributed by atoms with Gasteiger partial charge in [-0.05, 0) is 36.8 Å². The summed E-state index contributed by atoms with van der Waals surface area (Å²) in [6.45, 7) is 1.64. The van der Waals surface area contributed by atoms with Crippen LogP contribution in [0.3, 0.4) is 0 Å². The molecule has 0 radical (unpaired) electrons. The highest BCUT2D eigenvalue weighted by atomic mass is 32.2. The van der Waals surface area contributed by atoms with Crippen LogP contribution in [-0.2, 0) is 14.6 Å². The number of para-hydroxylation sites is 1. The maximum Gasteiger partial charge on any atom is 0.226 e. The molecule has 1 atom stereocenters. The highest BCUT2D eigenvalue weighted by molar-refractivity contribution is 7.91. The van der Waals surface area contributed by atoms with Gasteiger partial charge in [-0.2, -0.15) is 0 Å². The number of rotatable bonds is 2. The molecule has 0 unspecified atom stereocenters. The first-order valence-electron chi connectivity index (χ1n) is 8.74. The second-order valence-electron chi connectivity index (χ2n) is 7.44. The maximum atomic E-state index is 12.6. The number of carbonyl (C=O) groups excluding carboxylic acids is 1. The van der Waals surface area contributed by atoms with Crippen molar-refractivity contribution in [1.82, 2.24) is 4.90 Å². The number of sulfone groups is 1. The Hall–Kier alpha value is -1.56. The standard InChI is InChI=1S/C18H23NO4S/c20-17(19-10-9-18(13-19)7-3-4-8-18)11-14-12-24(21,22)16-6-2-1-5-15(16)23-14/h1-2,5-6,14H,3-4,7-13H2/t14-/m1/s1. The second kappa shape index (κ2) is 5.76. The van der Waals surface area contributed by atoms with Crippen molar-refractivity contribution in [2.45, 2.75) is 49.5 Å². The van der Waals surface area contributed by atoms with E-state index in [1.165, 1.54) is 25.7 Å². The van der Waals surface area contributed by atoms with Crippen LogP contribution >= 0.6 is 0 Å². The number of benzene rings is 1. The van der Waals surface area contributed by atoms with Crippen molar-refractivity contribution < 1.29 is 17.9 Å². The van der Waals surface area contributed by atoms with Gasteiger partial charge in [-0.25, -0.2) is 8.42 Å². The summed E-state index contributed by atoms with van der Waals surface area (Å²) in [5.74, 6) is 0.281. The molecule has 6 heteroatoms.